The number of rotatable bonds is 4. The Hall–Kier alpha value is 0.110. The molecule has 0 heterocycles. The molecule has 1 fully saturated rings. The van der Waals surface area contributed by atoms with Crippen molar-refractivity contribution >= 4 is 10.8 Å². The fraction of sp³-hybridized carbons (Fsp3) is 1.00. The Labute approximate surface area is 77.6 Å². The second-order valence-corrected chi connectivity index (χ2v) is 5.30. The Balaban J connectivity index is 2.10. The molecule has 0 saturated heterocycles. The maximum absolute atomic E-state index is 10.8. The van der Waals surface area contributed by atoms with Crippen molar-refractivity contribution in [2.45, 2.75) is 32.2 Å². The fourth-order valence-electron chi connectivity index (χ4n) is 1.84. The van der Waals surface area contributed by atoms with Gasteiger partial charge in [-0.2, -0.15) is 0 Å². The average Bonchev–Trinajstić information content (AvgIpc) is 2.36. The van der Waals surface area contributed by atoms with Gasteiger partial charge in [0.25, 0.3) is 0 Å². The highest BCUT2D eigenvalue weighted by Crippen LogP contribution is 2.24. The molecule has 72 valence electrons. The van der Waals surface area contributed by atoms with Crippen LogP contribution in [0.25, 0.3) is 0 Å². The fourth-order valence-corrected chi connectivity index (χ4v) is 2.24. The Morgan fingerprint density at radius 1 is 1.50 bits per heavy atom. The van der Waals surface area contributed by atoms with Crippen LogP contribution in [0.1, 0.15) is 26.2 Å². The monoisotopic (exact) mass is 189 g/mol. The van der Waals surface area contributed by atoms with E-state index in [0.29, 0.717) is 6.04 Å². The SMILES string of the molecule is CC1CCCC1NCCS(C)=O. The number of hydrogen-bond acceptors (Lipinski definition) is 2. The molecule has 2 nitrogen and oxygen atoms in total. The topological polar surface area (TPSA) is 29.1 Å². The van der Waals surface area contributed by atoms with Gasteiger partial charge in [-0.15, -0.1) is 0 Å². The third-order valence-electron chi connectivity index (χ3n) is 2.66. The van der Waals surface area contributed by atoms with Crippen molar-refractivity contribution in [2.75, 3.05) is 18.6 Å². The smallest absolute Gasteiger partial charge is 0.0357 e. The third-order valence-corrected chi connectivity index (χ3v) is 3.44. The number of nitrogens with one attached hydrogen (secondary N) is 1. The summed E-state index contributed by atoms with van der Waals surface area (Å²) in [6.45, 7) is 3.21. The lowest BCUT2D eigenvalue weighted by Gasteiger charge is -2.16. The predicted molar refractivity (Wildman–Crippen MR) is 53.7 cm³/mol. The summed E-state index contributed by atoms with van der Waals surface area (Å²) < 4.78 is 10.8. The van der Waals surface area contributed by atoms with Gasteiger partial charge in [-0.05, 0) is 18.8 Å². The van der Waals surface area contributed by atoms with E-state index in [-0.39, 0.29) is 0 Å². The standard InChI is InChI=1S/C9H19NOS/c1-8-4-3-5-9(8)10-6-7-12(2)11/h8-10H,3-7H2,1-2H3. The van der Waals surface area contributed by atoms with Crippen LogP contribution in [0, 0.1) is 5.92 Å². The van der Waals surface area contributed by atoms with Crippen LogP contribution in [0.5, 0.6) is 0 Å². The summed E-state index contributed by atoms with van der Waals surface area (Å²) in [5.74, 6) is 1.61. The quantitative estimate of drug-likeness (QED) is 0.718. The Morgan fingerprint density at radius 3 is 2.75 bits per heavy atom. The molecule has 3 heteroatoms. The van der Waals surface area contributed by atoms with Gasteiger partial charge < -0.3 is 5.32 Å². The first-order valence-electron chi connectivity index (χ1n) is 4.73. The summed E-state index contributed by atoms with van der Waals surface area (Å²) >= 11 is 0. The van der Waals surface area contributed by atoms with E-state index in [4.69, 9.17) is 0 Å². The molecule has 0 radical (unpaired) electrons. The van der Waals surface area contributed by atoms with Crippen molar-refractivity contribution in [3.8, 4) is 0 Å². The van der Waals surface area contributed by atoms with Crippen molar-refractivity contribution in [3.05, 3.63) is 0 Å². The molecule has 1 aliphatic carbocycles. The molecule has 3 unspecified atom stereocenters. The van der Waals surface area contributed by atoms with Crippen molar-refractivity contribution in [1.82, 2.24) is 5.32 Å². The zero-order valence-corrected chi connectivity index (χ0v) is 8.82. The van der Waals surface area contributed by atoms with E-state index in [1.165, 1.54) is 19.3 Å². The van der Waals surface area contributed by atoms with Crippen LogP contribution in [0.15, 0.2) is 0 Å². The minimum Gasteiger partial charge on any atom is -0.313 e. The molecular formula is C9H19NOS. The molecule has 1 rings (SSSR count). The molecule has 12 heavy (non-hydrogen) atoms. The van der Waals surface area contributed by atoms with Crippen molar-refractivity contribution in [3.63, 3.8) is 0 Å². The van der Waals surface area contributed by atoms with Crippen molar-refractivity contribution in [2.24, 2.45) is 5.92 Å². The zero-order chi connectivity index (χ0) is 8.97. The van der Waals surface area contributed by atoms with Gasteiger partial charge in [0.2, 0.25) is 0 Å². The Morgan fingerprint density at radius 2 is 2.25 bits per heavy atom. The normalized spacial score (nSPS) is 32.2. The summed E-state index contributed by atoms with van der Waals surface area (Å²) in [7, 11) is -0.639. The average molecular weight is 189 g/mol. The van der Waals surface area contributed by atoms with E-state index in [0.717, 1.165) is 18.2 Å². The molecule has 0 aromatic carbocycles. The molecule has 0 amide bonds. The van der Waals surface area contributed by atoms with Crippen LogP contribution < -0.4 is 5.32 Å². The van der Waals surface area contributed by atoms with Gasteiger partial charge in [-0.25, -0.2) is 0 Å². The van der Waals surface area contributed by atoms with Gasteiger partial charge >= 0.3 is 0 Å². The van der Waals surface area contributed by atoms with Crippen LogP contribution >= 0.6 is 0 Å². The maximum Gasteiger partial charge on any atom is 0.0357 e. The highest BCUT2D eigenvalue weighted by Gasteiger charge is 2.21. The van der Waals surface area contributed by atoms with Gasteiger partial charge in [0.05, 0.1) is 0 Å². The predicted octanol–water partition coefficient (Wildman–Crippen LogP) is 1.14. The van der Waals surface area contributed by atoms with E-state index in [1.54, 1.807) is 6.26 Å². The molecule has 0 aliphatic heterocycles. The molecule has 3 atom stereocenters. The maximum atomic E-state index is 10.8. The second kappa shape index (κ2) is 4.97. The first-order chi connectivity index (χ1) is 5.70. The highest BCUT2D eigenvalue weighted by atomic mass is 32.2. The van der Waals surface area contributed by atoms with E-state index < -0.39 is 10.8 Å². The lowest BCUT2D eigenvalue weighted by Crippen LogP contribution is -2.33. The summed E-state index contributed by atoms with van der Waals surface area (Å²) in [4.78, 5) is 0. The molecule has 0 aromatic rings. The number of hydrogen-bond donors (Lipinski definition) is 1. The van der Waals surface area contributed by atoms with Gasteiger partial charge in [0.15, 0.2) is 0 Å². The molecule has 1 N–H and O–H groups in total. The van der Waals surface area contributed by atoms with Crippen molar-refractivity contribution < 1.29 is 4.21 Å². The Bertz CT molecular complexity index is 161. The molecule has 0 bridgehead atoms. The lowest BCUT2D eigenvalue weighted by atomic mass is 10.1. The highest BCUT2D eigenvalue weighted by molar-refractivity contribution is 7.84. The lowest BCUT2D eigenvalue weighted by molar-refractivity contribution is 0.438. The summed E-state index contributed by atoms with van der Waals surface area (Å²) in [6.07, 6.45) is 5.78. The van der Waals surface area contributed by atoms with E-state index in [2.05, 4.69) is 12.2 Å². The first-order valence-corrected chi connectivity index (χ1v) is 6.46. The Kier molecular flexibility index (Phi) is 4.22. The van der Waals surface area contributed by atoms with Crippen LogP contribution in [-0.2, 0) is 10.8 Å². The van der Waals surface area contributed by atoms with Crippen LogP contribution in [0.4, 0.5) is 0 Å². The van der Waals surface area contributed by atoms with Gasteiger partial charge in [0.1, 0.15) is 0 Å². The molecular weight excluding hydrogens is 170 g/mol. The largest absolute Gasteiger partial charge is 0.313 e. The summed E-state index contributed by atoms with van der Waals surface area (Å²) in [5, 5.41) is 3.47. The third kappa shape index (κ3) is 3.23. The van der Waals surface area contributed by atoms with Crippen molar-refractivity contribution in [1.29, 1.82) is 0 Å². The van der Waals surface area contributed by atoms with Gasteiger partial charge in [-0.3, -0.25) is 4.21 Å². The van der Waals surface area contributed by atoms with Crippen LogP contribution in [-0.4, -0.2) is 28.8 Å². The van der Waals surface area contributed by atoms with Gasteiger partial charge in [0, 0.05) is 35.4 Å². The van der Waals surface area contributed by atoms with E-state index in [1.807, 2.05) is 0 Å². The summed E-state index contributed by atoms with van der Waals surface area (Å²) in [6, 6.07) is 0.688. The molecule has 1 aliphatic rings. The van der Waals surface area contributed by atoms with Crippen LogP contribution in [0.2, 0.25) is 0 Å². The van der Waals surface area contributed by atoms with Crippen LogP contribution in [0.3, 0.4) is 0 Å². The second-order valence-electron chi connectivity index (χ2n) is 3.75. The molecule has 0 aromatic heterocycles. The minimum atomic E-state index is -0.639. The molecule has 0 spiro atoms. The first kappa shape index (κ1) is 10.2. The van der Waals surface area contributed by atoms with E-state index in [9.17, 15) is 4.21 Å². The molecule has 1 saturated carbocycles. The minimum absolute atomic E-state index is 0.639. The summed E-state index contributed by atoms with van der Waals surface area (Å²) in [5.41, 5.74) is 0. The van der Waals surface area contributed by atoms with Gasteiger partial charge in [-0.1, -0.05) is 13.3 Å². The zero-order valence-electron chi connectivity index (χ0n) is 8.01. The van der Waals surface area contributed by atoms with E-state index >= 15 is 0 Å².